The lowest BCUT2D eigenvalue weighted by molar-refractivity contribution is 0.262. The van der Waals surface area contributed by atoms with Crippen molar-refractivity contribution in [1.82, 2.24) is 9.38 Å². The van der Waals surface area contributed by atoms with Crippen LogP contribution in [0.3, 0.4) is 0 Å². The zero-order chi connectivity index (χ0) is 18.8. The first-order valence-electron chi connectivity index (χ1n) is 8.46. The molecule has 0 bridgehead atoms. The Kier molecular flexibility index (Phi) is 4.52. The van der Waals surface area contributed by atoms with Gasteiger partial charge in [0, 0.05) is 34.4 Å². The lowest BCUT2D eigenvalue weighted by Crippen LogP contribution is -2.19. The molecule has 0 atom stereocenters. The Morgan fingerprint density at radius 2 is 1.74 bits per heavy atom. The number of hydrogen-bond donors (Lipinski definition) is 2. The summed E-state index contributed by atoms with van der Waals surface area (Å²) < 4.78 is 2.00. The van der Waals surface area contributed by atoms with Gasteiger partial charge in [-0.25, -0.2) is 9.78 Å². The number of halogens is 1. The van der Waals surface area contributed by atoms with E-state index in [0.717, 1.165) is 16.9 Å². The molecule has 5 nitrogen and oxygen atoms in total. The molecular weight excluding hydrogens is 360 g/mol. The number of rotatable bonds is 3. The highest BCUT2D eigenvalue weighted by Gasteiger charge is 2.07. The fourth-order valence-corrected chi connectivity index (χ4v) is 2.95. The second-order valence-corrected chi connectivity index (χ2v) is 6.70. The summed E-state index contributed by atoms with van der Waals surface area (Å²) in [5.41, 5.74) is 5.19. The topological polar surface area (TPSA) is 58.4 Å². The zero-order valence-corrected chi connectivity index (χ0v) is 15.4. The van der Waals surface area contributed by atoms with Gasteiger partial charge in [0.05, 0.1) is 5.69 Å². The van der Waals surface area contributed by atoms with Gasteiger partial charge < -0.3 is 15.0 Å². The van der Waals surface area contributed by atoms with Gasteiger partial charge in [0.15, 0.2) is 0 Å². The van der Waals surface area contributed by atoms with E-state index in [1.807, 2.05) is 60.1 Å². The number of hydrogen-bond acceptors (Lipinski definition) is 2. The van der Waals surface area contributed by atoms with Crippen LogP contribution in [0.5, 0.6) is 0 Å². The van der Waals surface area contributed by atoms with Crippen LogP contribution in [-0.4, -0.2) is 15.4 Å². The standard InChI is InChI=1S/C21H17ClN4O/c1-14-5-10-20-25-19(13-26(20)12-14)15-3-2-4-18(11-15)24-21(27)23-17-8-6-16(22)7-9-17/h2-13H,1H3,(H2,23,24,27). The molecule has 0 saturated heterocycles. The van der Waals surface area contributed by atoms with Crippen LogP contribution in [-0.2, 0) is 0 Å². The van der Waals surface area contributed by atoms with Gasteiger partial charge >= 0.3 is 6.03 Å². The van der Waals surface area contributed by atoms with E-state index >= 15 is 0 Å². The number of aryl methyl sites for hydroxylation is 1. The van der Waals surface area contributed by atoms with Crippen LogP contribution in [0.25, 0.3) is 16.9 Å². The SMILES string of the molecule is Cc1ccc2nc(-c3cccc(NC(=O)Nc4ccc(Cl)cc4)c3)cn2c1. The largest absolute Gasteiger partial charge is 0.323 e. The van der Waals surface area contributed by atoms with Gasteiger partial charge in [-0.2, -0.15) is 0 Å². The smallest absolute Gasteiger partial charge is 0.308 e. The number of pyridine rings is 1. The summed E-state index contributed by atoms with van der Waals surface area (Å²) in [4.78, 5) is 16.9. The monoisotopic (exact) mass is 376 g/mol. The van der Waals surface area contributed by atoms with Gasteiger partial charge in [-0.05, 0) is 55.0 Å². The van der Waals surface area contributed by atoms with Gasteiger partial charge in [0.1, 0.15) is 5.65 Å². The molecule has 0 aliphatic carbocycles. The van der Waals surface area contributed by atoms with E-state index in [4.69, 9.17) is 11.6 Å². The van der Waals surface area contributed by atoms with E-state index < -0.39 is 0 Å². The molecule has 6 heteroatoms. The fourth-order valence-electron chi connectivity index (χ4n) is 2.83. The first-order chi connectivity index (χ1) is 13.1. The second-order valence-electron chi connectivity index (χ2n) is 6.26. The molecule has 0 radical (unpaired) electrons. The molecule has 0 spiro atoms. The Hall–Kier alpha value is -3.31. The van der Waals surface area contributed by atoms with Crippen LogP contribution >= 0.6 is 11.6 Å². The van der Waals surface area contributed by atoms with Crippen LogP contribution in [0, 0.1) is 6.92 Å². The maximum Gasteiger partial charge on any atom is 0.323 e. The maximum atomic E-state index is 12.2. The van der Waals surface area contributed by atoms with Crippen LogP contribution in [0.2, 0.25) is 5.02 Å². The highest BCUT2D eigenvalue weighted by Crippen LogP contribution is 2.23. The average molecular weight is 377 g/mol. The molecule has 0 aliphatic rings. The molecular formula is C21H17ClN4O. The fraction of sp³-hybridized carbons (Fsp3) is 0.0476. The van der Waals surface area contributed by atoms with Crippen molar-refractivity contribution in [3.63, 3.8) is 0 Å². The summed E-state index contributed by atoms with van der Waals surface area (Å²) in [7, 11) is 0. The summed E-state index contributed by atoms with van der Waals surface area (Å²) in [5.74, 6) is 0. The van der Waals surface area contributed by atoms with Crippen molar-refractivity contribution >= 4 is 34.7 Å². The van der Waals surface area contributed by atoms with Crippen molar-refractivity contribution in [3.8, 4) is 11.3 Å². The Morgan fingerprint density at radius 1 is 0.963 bits per heavy atom. The number of carbonyl (C=O) groups excluding carboxylic acids is 1. The minimum Gasteiger partial charge on any atom is -0.308 e. The van der Waals surface area contributed by atoms with E-state index in [-0.39, 0.29) is 6.03 Å². The molecule has 0 aliphatic heterocycles. The van der Waals surface area contributed by atoms with Crippen molar-refractivity contribution in [2.45, 2.75) is 6.92 Å². The molecule has 2 heterocycles. The van der Waals surface area contributed by atoms with Gasteiger partial charge in [0.2, 0.25) is 0 Å². The lowest BCUT2D eigenvalue weighted by Gasteiger charge is -2.08. The third-order valence-corrected chi connectivity index (χ3v) is 4.37. The highest BCUT2D eigenvalue weighted by molar-refractivity contribution is 6.30. The summed E-state index contributed by atoms with van der Waals surface area (Å²) in [6, 6.07) is 18.2. The molecule has 2 aromatic carbocycles. The van der Waals surface area contributed by atoms with E-state index in [0.29, 0.717) is 16.4 Å². The zero-order valence-electron chi connectivity index (χ0n) is 14.6. The predicted molar refractivity (Wildman–Crippen MR) is 109 cm³/mol. The highest BCUT2D eigenvalue weighted by atomic mass is 35.5. The molecule has 27 heavy (non-hydrogen) atoms. The minimum absolute atomic E-state index is 0.319. The quantitative estimate of drug-likeness (QED) is 0.488. The van der Waals surface area contributed by atoms with Gasteiger partial charge in [-0.3, -0.25) is 0 Å². The average Bonchev–Trinajstić information content (AvgIpc) is 3.07. The maximum absolute atomic E-state index is 12.2. The number of carbonyl (C=O) groups is 1. The minimum atomic E-state index is -0.319. The lowest BCUT2D eigenvalue weighted by atomic mass is 10.1. The van der Waals surface area contributed by atoms with Crippen LogP contribution in [0.1, 0.15) is 5.56 Å². The molecule has 2 aromatic heterocycles. The number of anilines is 2. The van der Waals surface area contributed by atoms with E-state index in [1.165, 1.54) is 5.56 Å². The van der Waals surface area contributed by atoms with Crippen LogP contribution in [0.15, 0.2) is 73.1 Å². The number of benzene rings is 2. The van der Waals surface area contributed by atoms with Gasteiger partial charge in [0.25, 0.3) is 0 Å². The summed E-state index contributed by atoms with van der Waals surface area (Å²) in [6.45, 7) is 2.04. The number of nitrogens with zero attached hydrogens (tertiary/aromatic N) is 2. The number of imidazole rings is 1. The predicted octanol–water partition coefficient (Wildman–Crippen LogP) is 5.61. The molecule has 4 aromatic rings. The Labute approximate surface area is 161 Å². The molecule has 0 saturated carbocycles. The van der Waals surface area contributed by atoms with Crippen molar-refractivity contribution in [1.29, 1.82) is 0 Å². The molecule has 0 unspecified atom stereocenters. The number of urea groups is 1. The van der Waals surface area contributed by atoms with E-state index in [1.54, 1.807) is 24.3 Å². The summed E-state index contributed by atoms with van der Waals surface area (Å²) in [6.07, 6.45) is 4.02. The number of nitrogens with one attached hydrogen (secondary N) is 2. The molecule has 134 valence electrons. The Morgan fingerprint density at radius 3 is 2.56 bits per heavy atom. The summed E-state index contributed by atoms with van der Waals surface area (Å²) in [5, 5.41) is 6.24. The van der Waals surface area contributed by atoms with Gasteiger partial charge in [-0.15, -0.1) is 0 Å². The normalized spacial score (nSPS) is 10.7. The van der Waals surface area contributed by atoms with Crippen molar-refractivity contribution in [2.24, 2.45) is 0 Å². The van der Waals surface area contributed by atoms with Crippen LogP contribution < -0.4 is 10.6 Å². The first-order valence-corrected chi connectivity index (χ1v) is 8.84. The molecule has 4 rings (SSSR count). The van der Waals surface area contributed by atoms with E-state index in [2.05, 4.69) is 15.6 Å². The molecule has 2 N–H and O–H groups in total. The van der Waals surface area contributed by atoms with Crippen LogP contribution in [0.4, 0.5) is 16.2 Å². The third kappa shape index (κ3) is 3.93. The molecule has 0 fully saturated rings. The Balaban J connectivity index is 1.52. The Bertz CT molecular complexity index is 1120. The summed E-state index contributed by atoms with van der Waals surface area (Å²) >= 11 is 5.86. The van der Waals surface area contributed by atoms with E-state index in [9.17, 15) is 4.79 Å². The number of amides is 2. The van der Waals surface area contributed by atoms with Gasteiger partial charge in [-0.1, -0.05) is 29.8 Å². The first kappa shape index (κ1) is 17.1. The molecule has 2 amide bonds. The van der Waals surface area contributed by atoms with Crippen molar-refractivity contribution in [2.75, 3.05) is 10.6 Å². The number of aromatic nitrogens is 2. The van der Waals surface area contributed by atoms with Crippen molar-refractivity contribution < 1.29 is 4.79 Å². The second kappa shape index (κ2) is 7.13. The van der Waals surface area contributed by atoms with Crippen molar-refractivity contribution in [3.05, 3.63) is 83.6 Å². The third-order valence-electron chi connectivity index (χ3n) is 4.12. The number of fused-ring (bicyclic) bond motifs is 1.